The molecule has 3 N–H and O–H groups in total. The minimum Gasteiger partial charge on any atom is -0.384 e. The number of hydrogen-bond donors (Lipinski definition) is 3. The summed E-state index contributed by atoms with van der Waals surface area (Å²) in [6.45, 7) is 3.25. The summed E-state index contributed by atoms with van der Waals surface area (Å²) in [5.74, 6) is 1.34. The lowest BCUT2D eigenvalue weighted by molar-refractivity contribution is 0.0793. The van der Waals surface area contributed by atoms with Crippen LogP contribution in [0.15, 0.2) is 67.0 Å². The number of amides is 1. The summed E-state index contributed by atoms with van der Waals surface area (Å²) in [6.07, 6.45) is 6.57. The number of aromatic nitrogens is 3. The summed E-state index contributed by atoms with van der Waals surface area (Å²) < 4.78 is 0. The first-order valence-corrected chi connectivity index (χ1v) is 12.5. The van der Waals surface area contributed by atoms with Gasteiger partial charge in [0.2, 0.25) is 5.95 Å². The Hall–Kier alpha value is -3.91. The lowest BCUT2D eigenvalue weighted by atomic mass is 10.2. The van der Waals surface area contributed by atoms with Crippen molar-refractivity contribution in [1.82, 2.24) is 19.9 Å². The second-order valence-electron chi connectivity index (χ2n) is 8.69. The van der Waals surface area contributed by atoms with E-state index < -0.39 is 0 Å². The Labute approximate surface area is 215 Å². The molecule has 0 atom stereocenters. The number of benzene rings is 2. The minimum absolute atomic E-state index is 0.0949. The third-order valence-electron chi connectivity index (χ3n) is 6.12. The maximum Gasteiger partial charge on any atom is 0.253 e. The number of anilines is 4. The van der Waals surface area contributed by atoms with Crippen LogP contribution in [0.1, 0.15) is 29.6 Å². The van der Waals surface area contributed by atoms with Gasteiger partial charge in [0.1, 0.15) is 5.82 Å². The topological polar surface area (TPSA) is 95.1 Å². The number of fused-ring (bicyclic) bond motifs is 1. The van der Waals surface area contributed by atoms with E-state index in [9.17, 15) is 4.79 Å². The molecular formula is C27H28ClN7O. The van der Waals surface area contributed by atoms with Crippen molar-refractivity contribution in [2.45, 2.75) is 19.3 Å². The monoisotopic (exact) mass is 501 g/mol. The molecule has 2 aromatic carbocycles. The Kier molecular flexibility index (Phi) is 7.42. The third kappa shape index (κ3) is 5.83. The smallest absolute Gasteiger partial charge is 0.253 e. The van der Waals surface area contributed by atoms with Gasteiger partial charge < -0.3 is 20.9 Å². The summed E-state index contributed by atoms with van der Waals surface area (Å²) in [5, 5.41) is 11.8. The van der Waals surface area contributed by atoms with Gasteiger partial charge >= 0.3 is 0 Å². The molecule has 2 aromatic heterocycles. The average molecular weight is 502 g/mol. The number of pyridine rings is 1. The van der Waals surface area contributed by atoms with Crippen LogP contribution >= 0.6 is 11.6 Å². The molecule has 4 aromatic rings. The lowest BCUT2D eigenvalue weighted by Crippen LogP contribution is -2.27. The maximum absolute atomic E-state index is 12.5. The SMILES string of the molecule is O=C(c1ccc(Nc2nccc(NCCCNc3ccnc4cc(Cl)ccc34)n2)cc1)N1CCCC1. The van der Waals surface area contributed by atoms with E-state index in [-0.39, 0.29) is 5.91 Å². The molecule has 0 bridgehead atoms. The largest absolute Gasteiger partial charge is 0.384 e. The highest BCUT2D eigenvalue weighted by molar-refractivity contribution is 6.31. The molecule has 1 amide bonds. The van der Waals surface area contributed by atoms with Crippen molar-refractivity contribution >= 4 is 51.6 Å². The Bertz CT molecular complexity index is 1340. The first-order valence-electron chi connectivity index (χ1n) is 12.2. The van der Waals surface area contributed by atoms with Gasteiger partial charge in [0, 0.05) is 65.9 Å². The number of halogens is 1. The molecule has 8 nitrogen and oxygen atoms in total. The summed E-state index contributed by atoms with van der Waals surface area (Å²) in [7, 11) is 0. The number of carbonyl (C=O) groups is 1. The summed E-state index contributed by atoms with van der Waals surface area (Å²) >= 11 is 6.07. The molecule has 0 unspecified atom stereocenters. The van der Waals surface area contributed by atoms with Crippen molar-refractivity contribution in [3.8, 4) is 0 Å². The van der Waals surface area contributed by atoms with Crippen LogP contribution < -0.4 is 16.0 Å². The van der Waals surface area contributed by atoms with Crippen LogP contribution in [-0.2, 0) is 0 Å². The molecule has 184 valence electrons. The van der Waals surface area contributed by atoms with E-state index in [0.717, 1.165) is 73.5 Å². The van der Waals surface area contributed by atoms with Crippen LogP contribution in [0.2, 0.25) is 5.02 Å². The molecule has 0 radical (unpaired) electrons. The van der Waals surface area contributed by atoms with Crippen molar-refractivity contribution in [3.05, 3.63) is 77.6 Å². The second-order valence-corrected chi connectivity index (χ2v) is 9.13. The van der Waals surface area contributed by atoms with Crippen molar-refractivity contribution in [3.63, 3.8) is 0 Å². The number of hydrogen-bond acceptors (Lipinski definition) is 7. The van der Waals surface area contributed by atoms with Crippen molar-refractivity contribution in [1.29, 1.82) is 0 Å². The van der Waals surface area contributed by atoms with E-state index in [1.165, 1.54) is 0 Å². The maximum atomic E-state index is 12.5. The van der Waals surface area contributed by atoms with Crippen LogP contribution in [0, 0.1) is 0 Å². The Morgan fingerprint density at radius 3 is 2.53 bits per heavy atom. The lowest BCUT2D eigenvalue weighted by Gasteiger charge is -2.15. The Morgan fingerprint density at radius 2 is 1.69 bits per heavy atom. The van der Waals surface area contributed by atoms with Gasteiger partial charge in [-0.25, -0.2) is 4.98 Å². The van der Waals surface area contributed by atoms with Gasteiger partial charge in [-0.15, -0.1) is 0 Å². The molecule has 1 aliphatic rings. The summed E-state index contributed by atoms with van der Waals surface area (Å²) in [5.41, 5.74) is 3.45. The first kappa shape index (κ1) is 23.8. The highest BCUT2D eigenvalue weighted by Crippen LogP contribution is 2.24. The number of carbonyl (C=O) groups excluding carboxylic acids is 1. The fraction of sp³-hybridized carbons (Fsp3) is 0.259. The second kappa shape index (κ2) is 11.2. The molecule has 5 rings (SSSR count). The van der Waals surface area contributed by atoms with Gasteiger partial charge in [0.25, 0.3) is 5.91 Å². The molecule has 36 heavy (non-hydrogen) atoms. The van der Waals surface area contributed by atoms with Crippen molar-refractivity contribution < 1.29 is 4.79 Å². The standard InChI is InChI=1S/C27H28ClN7O/c28-20-6-9-22-23(10-14-30-24(22)18-20)29-12-3-13-31-25-11-15-32-27(34-25)33-21-7-4-19(5-8-21)26(36)35-16-1-2-17-35/h4-11,14-15,18H,1-3,12-13,16-17H2,(H,29,30)(H2,31,32,33,34). The molecule has 1 fully saturated rings. The van der Waals surface area contributed by atoms with Crippen molar-refractivity contribution in [2.75, 3.05) is 42.1 Å². The van der Waals surface area contributed by atoms with Gasteiger partial charge in [-0.2, -0.15) is 4.98 Å². The summed E-state index contributed by atoms with van der Waals surface area (Å²) in [6, 6.07) is 17.0. The van der Waals surface area contributed by atoms with Crippen LogP contribution in [0.3, 0.4) is 0 Å². The number of likely N-dealkylation sites (tertiary alicyclic amines) is 1. The minimum atomic E-state index is 0.0949. The zero-order valence-corrected chi connectivity index (χ0v) is 20.6. The van der Waals surface area contributed by atoms with Gasteiger partial charge in [-0.1, -0.05) is 11.6 Å². The van der Waals surface area contributed by atoms with Gasteiger partial charge in [0.15, 0.2) is 0 Å². The van der Waals surface area contributed by atoms with E-state index in [1.54, 1.807) is 12.4 Å². The normalized spacial score (nSPS) is 13.1. The number of nitrogens with one attached hydrogen (secondary N) is 3. The van der Waals surface area contributed by atoms with Crippen LogP contribution in [0.4, 0.5) is 23.1 Å². The van der Waals surface area contributed by atoms with E-state index in [0.29, 0.717) is 16.5 Å². The predicted molar refractivity (Wildman–Crippen MR) is 145 cm³/mol. The van der Waals surface area contributed by atoms with Crippen LogP contribution in [0.5, 0.6) is 0 Å². The van der Waals surface area contributed by atoms with E-state index in [4.69, 9.17) is 11.6 Å². The molecule has 0 aliphatic carbocycles. The van der Waals surface area contributed by atoms with E-state index >= 15 is 0 Å². The van der Waals surface area contributed by atoms with Crippen LogP contribution in [-0.4, -0.2) is 51.9 Å². The van der Waals surface area contributed by atoms with Crippen molar-refractivity contribution in [2.24, 2.45) is 0 Å². The molecule has 9 heteroatoms. The number of nitrogens with zero attached hydrogens (tertiary/aromatic N) is 4. The zero-order chi connectivity index (χ0) is 24.7. The van der Waals surface area contributed by atoms with E-state index in [1.807, 2.05) is 59.5 Å². The van der Waals surface area contributed by atoms with E-state index in [2.05, 4.69) is 30.9 Å². The molecule has 3 heterocycles. The fourth-order valence-electron chi connectivity index (χ4n) is 4.25. The molecule has 0 saturated carbocycles. The average Bonchev–Trinajstić information content (AvgIpc) is 3.44. The highest BCUT2D eigenvalue weighted by atomic mass is 35.5. The molecule has 0 spiro atoms. The third-order valence-corrected chi connectivity index (χ3v) is 6.35. The quantitative estimate of drug-likeness (QED) is 0.258. The molecular weight excluding hydrogens is 474 g/mol. The van der Waals surface area contributed by atoms with Gasteiger partial charge in [-0.05, 0) is 73.9 Å². The molecule has 1 saturated heterocycles. The first-order chi connectivity index (χ1) is 17.7. The summed E-state index contributed by atoms with van der Waals surface area (Å²) in [4.78, 5) is 27.7. The zero-order valence-electron chi connectivity index (χ0n) is 19.9. The Morgan fingerprint density at radius 1 is 0.917 bits per heavy atom. The van der Waals surface area contributed by atoms with Crippen LogP contribution in [0.25, 0.3) is 10.9 Å². The number of rotatable bonds is 9. The Balaban J connectivity index is 1.10. The highest BCUT2D eigenvalue weighted by Gasteiger charge is 2.19. The fourth-order valence-corrected chi connectivity index (χ4v) is 4.42. The molecule has 1 aliphatic heterocycles. The predicted octanol–water partition coefficient (Wildman–Crippen LogP) is 5.57. The van der Waals surface area contributed by atoms with Gasteiger partial charge in [0.05, 0.1) is 5.52 Å². The van der Waals surface area contributed by atoms with Gasteiger partial charge in [-0.3, -0.25) is 9.78 Å².